The first-order chi connectivity index (χ1) is 13.3. The summed E-state index contributed by atoms with van der Waals surface area (Å²) in [7, 11) is 1.71. The van der Waals surface area contributed by atoms with Crippen molar-refractivity contribution in [2.24, 2.45) is 5.41 Å². The van der Waals surface area contributed by atoms with Crippen molar-refractivity contribution >= 4 is 5.82 Å². The number of likely N-dealkylation sites (tertiary alicyclic amines) is 1. The van der Waals surface area contributed by atoms with Crippen LogP contribution in [0.3, 0.4) is 0 Å². The van der Waals surface area contributed by atoms with Crippen molar-refractivity contribution in [3.63, 3.8) is 0 Å². The normalized spacial score (nSPS) is 24.0. The number of ether oxygens (including phenoxy) is 2. The van der Waals surface area contributed by atoms with Crippen LogP contribution < -0.4 is 9.64 Å². The Hall–Kier alpha value is -2.18. The van der Waals surface area contributed by atoms with Gasteiger partial charge in [0.1, 0.15) is 11.6 Å². The molecule has 2 saturated heterocycles. The number of benzene rings is 1. The Kier molecular flexibility index (Phi) is 5.55. The molecular formula is C21H28N4O2. The fourth-order valence-corrected chi connectivity index (χ4v) is 4.32. The maximum absolute atomic E-state index is 6.04. The quantitative estimate of drug-likeness (QED) is 0.827. The van der Waals surface area contributed by atoms with Gasteiger partial charge in [-0.2, -0.15) is 0 Å². The van der Waals surface area contributed by atoms with Crippen molar-refractivity contribution in [3.8, 4) is 5.75 Å². The highest BCUT2D eigenvalue weighted by Gasteiger charge is 2.39. The van der Waals surface area contributed by atoms with Crippen molar-refractivity contribution in [1.82, 2.24) is 14.9 Å². The summed E-state index contributed by atoms with van der Waals surface area (Å²) in [4.78, 5) is 13.7. The van der Waals surface area contributed by atoms with Gasteiger partial charge in [0, 0.05) is 44.0 Å². The van der Waals surface area contributed by atoms with Crippen LogP contribution in [0, 0.1) is 5.41 Å². The smallest absolute Gasteiger partial charge is 0.147 e. The van der Waals surface area contributed by atoms with Gasteiger partial charge < -0.3 is 14.4 Å². The predicted molar refractivity (Wildman–Crippen MR) is 105 cm³/mol. The summed E-state index contributed by atoms with van der Waals surface area (Å²) >= 11 is 0. The molecule has 1 atom stereocenters. The van der Waals surface area contributed by atoms with E-state index in [2.05, 4.69) is 31.9 Å². The van der Waals surface area contributed by atoms with Gasteiger partial charge in [0.15, 0.2) is 0 Å². The summed E-state index contributed by atoms with van der Waals surface area (Å²) in [6, 6.07) is 8.41. The molecule has 6 heteroatoms. The SMILES string of the molecule is COc1ccc(CN2CCCC3(COCCN(c4cnccn4)C3)C2)cc1. The molecule has 27 heavy (non-hydrogen) atoms. The minimum Gasteiger partial charge on any atom is -0.497 e. The molecule has 0 amide bonds. The zero-order valence-corrected chi connectivity index (χ0v) is 16.0. The van der Waals surface area contributed by atoms with Crippen molar-refractivity contribution in [2.75, 3.05) is 51.4 Å². The van der Waals surface area contributed by atoms with Crippen molar-refractivity contribution in [3.05, 3.63) is 48.4 Å². The second-order valence-electron chi connectivity index (χ2n) is 7.70. The zero-order chi connectivity index (χ0) is 18.5. The summed E-state index contributed by atoms with van der Waals surface area (Å²) in [6.45, 7) is 6.58. The summed E-state index contributed by atoms with van der Waals surface area (Å²) < 4.78 is 11.3. The lowest BCUT2D eigenvalue weighted by Crippen LogP contribution is -2.50. The molecule has 4 rings (SSSR count). The first-order valence-electron chi connectivity index (χ1n) is 9.70. The van der Waals surface area contributed by atoms with Crippen LogP contribution in [0.15, 0.2) is 42.9 Å². The van der Waals surface area contributed by atoms with Crippen LogP contribution in [0.2, 0.25) is 0 Å². The number of hydrogen-bond donors (Lipinski definition) is 0. The third-order valence-electron chi connectivity index (χ3n) is 5.62. The van der Waals surface area contributed by atoms with E-state index in [1.165, 1.54) is 18.4 Å². The van der Waals surface area contributed by atoms with Crippen molar-refractivity contribution < 1.29 is 9.47 Å². The van der Waals surface area contributed by atoms with Crippen molar-refractivity contribution in [2.45, 2.75) is 19.4 Å². The highest BCUT2D eigenvalue weighted by Crippen LogP contribution is 2.34. The molecule has 0 aliphatic carbocycles. The largest absolute Gasteiger partial charge is 0.497 e. The van der Waals surface area contributed by atoms with E-state index in [9.17, 15) is 0 Å². The third kappa shape index (κ3) is 4.39. The lowest BCUT2D eigenvalue weighted by molar-refractivity contribution is 0.0106. The molecule has 2 aliphatic rings. The fraction of sp³-hybridized carbons (Fsp3) is 0.524. The zero-order valence-electron chi connectivity index (χ0n) is 16.0. The number of hydrogen-bond acceptors (Lipinski definition) is 6. The molecule has 3 heterocycles. The number of anilines is 1. The fourth-order valence-electron chi connectivity index (χ4n) is 4.32. The molecule has 2 fully saturated rings. The second-order valence-corrected chi connectivity index (χ2v) is 7.70. The topological polar surface area (TPSA) is 50.7 Å². The predicted octanol–water partition coefficient (Wildman–Crippen LogP) is 2.60. The molecule has 1 spiro atoms. The van der Waals surface area contributed by atoms with E-state index in [1.54, 1.807) is 19.5 Å². The van der Waals surface area contributed by atoms with Crippen LogP contribution >= 0.6 is 0 Å². The molecule has 1 unspecified atom stereocenters. The molecule has 1 aromatic carbocycles. The Labute approximate surface area is 161 Å². The number of rotatable bonds is 4. The highest BCUT2D eigenvalue weighted by atomic mass is 16.5. The standard InChI is InChI=1S/C21H28N4O2/c1-26-19-5-3-18(4-6-19)14-24-10-2-7-21(15-24)16-25(11-12-27-17-21)20-13-22-8-9-23-20/h3-6,8-9,13H,2,7,10-12,14-17H2,1H3. The van der Waals surface area contributed by atoms with Gasteiger partial charge in [-0.05, 0) is 37.1 Å². The van der Waals surface area contributed by atoms with E-state index in [4.69, 9.17) is 9.47 Å². The molecular weight excluding hydrogens is 340 g/mol. The molecule has 2 aliphatic heterocycles. The molecule has 1 aromatic heterocycles. The van der Waals surface area contributed by atoms with E-state index in [1.807, 2.05) is 18.3 Å². The molecule has 0 radical (unpaired) electrons. The van der Waals surface area contributed by atoms with Crippen LogP contribution in [0.4, 0.5) is 5.82 Å². The first-order valence-corrected chi connectivity index (χ1v) is 9.70. The van der Waals surface area contributed by atoms with Crippen LogP contribution in [0.1, 0.15) is 18.4 Å². The van der Waals surface area contributed by atoms with E-state index in [0.717, 1.165) is 57.5 Å². The number of aromatic nitrogens is 2. The van der Waals surface area contributed by atoms with Crippen LogP contribution in [-0.4, -0.2) is 61.4 Å². The maximum atomic E-state index is 6.04. The third-order valence-corrected chi connectivity index (χ3v) is 5.62. The van der Waals surface area contributed by atoms with Gasteiger partial charge in [-0.1, -0.05) is 12.1 Å². The first kappa shape index (κ1) is 18.2. The lowest BCUT2D eigenvalue weighted by atomic mass is 9.80. The molecule has 144 valence electrons. The Morgan fingerprint density at radius 1 is 1.15 bits per heavy atom. The summed E-state index contributed by atoms with van der Waals surface area (Å²) in [5.41, 5.74) is 1.48. The van der Waals surface area contributed by atoms with Crippen LogP contribution in [-0.2, 0) is 11.3 Å². The summed E-state index contributed by atoms with van der Waals surface area (Å²) in [5.74, 6) is 1.86. The number of nitrogens with zero attached hydrogens (tertiary/aromatic N) is 4. The number of methoxy groups -OCH3 is 1. The monoisotopic (exact) mass is 368 g/mol. The average molecular weight is 368 g/mol. The summed E-state index contributed by atoms with van der Waals surface area (Å²) in [5, 5.41) is 0. The maximum Gasteiger partial charge on any atom is 0.147 e. The average Bonchev–Trinajstić information content (AvgIpc) is 2.92. The molecule has 0 bridgehead atoms. The minimum atomic E-state index is 0.152. The van der Waals surface area contributed by atoms with Crippen LogP contribution in [0.25, 0.3) is 0 Å². The van der Waals surface area contributed by atoms with E-state index < -0.39 is 0 Å². The molecule has 0 N–H and O–H groups in total. The van der Waals surface area contributed by atoms with Gasteiger partial charge >= 0.3 is 0 Å². The van der Waals surface area contributed by atoms with Gasteiger partial charge in [-0.3, -0.25) is 9.88 Å². The van der Waals surface area contributed by atoms with Gasteiger partial charge in [-0.25, -0.2) is 4.98 Å². The van der Waals surface area contributed by atoms with Gasteiger partial charge in [0.05, 0.1) is 26.5 Å². The van der Waals surface area contributed by atoms with Gasteiger partial charge in [-0.15, -0.1) is 0 Å². The summed E-state index contributed by atoms with van der Waals surface area (Å²) in [6.07, 6.45) is 7.75. The van der Waals surface area contributed by atoms with Gasteiger partial charge in [0.25, 0.3) is 0 Å². The second kappa shape index (κ2) is 8.23. The van der Waals surface area contributed by atoms with Crippen LogP contribution in [0.5, 0.6) is 5.75 Å². The Morgan fingerprint density at radius 3 is 2.81 bits per heavy atom. The minimum absolute atomic E-state index is 0.152. The number of piperidine rings is 1. The lowest BCUT2D eigenvalue weighted by Gasteiger charge is -2.43. The van der Waals surface area contributed by atoms with E-state index in [0.29, 0.717) is 0 Å². The molecule has 2 aromatic rings. The van der Waals surface area contributed by atoms with E-state index in [-0.39, 0.29) is 5.41 Å². The molecule has 0 saturated carbocycles. The Bertz CT molecular complexity index is 725. The highest BCUT2D eigenvalue weighted by molar-refractivity contribution is 5.36. The van der Waals surface area contributed by atoms with Crippen molar-refractivity contribution in [1.29, 1.82) is 0 Å². The van der Waals surface area contributed by atoms with E-state index >= 15 is 0 Å². The van der Waals surface area contributed by atoms with Gasteiger partial charge in [0.2, 0.25) is 0 Å². The Morgan fingerprint density at radius 2 is 2.04 bits per heavy atom. The molecule has 6 nitrogen and oxygen atoms in total. The Balaban J connectivity index is 1.46.